The SMILES string of the molecule is Cc1ccc2c(c1)CCCN2[C@H](C)C(=O)Nc1ccc(Cl)cn1. The normalized spacial score (nSPS) is 15.0. The monoisotopic (exact) mass is 329 g/mol. The molecular formula is C18H20ClN3O. The van der Waals surface area contributed by atoms with Gasteiger partial charge in [-0.15, -0.1) is 0 Å². The molecule has 0 fully saturated rings. The van der Waals surface area contributed by atoms with Crippen molar-refractivity contribution in [3.8, 4) is 0 Å². The van der Waals surface area contributed by atoms with Gasteiger partial charge in [-0.05, 0) is 50.5 Å². The second-order valence-electron chi connectivity index (χ2n) is 5.96. The van der Waals surface area contributed by atoms with Crippen LogP contribution >= 0.6 is 11.6 Å². The maximum atomic E-state index is 12.5. The molecule has 1 N–H and O–H groups in total. The Morgan fingerprint density at radius 2 is 2.17 bits per heavy atom. The fourth-order valence-corrected chi connectivity index (χ4v) is 3.09. The number of carbonyl (C=O) groups excluding carboxylic acids is 1. The molecule has 5 heteroatoms. The lowest BCUT2D eigenvalue weighted by molar-refractivity contribution is -0.117. The van der Waals surface area contributed by atoms with Crippen LogP contribution in [-0.4, -0.2) is 23.5 Å². The molecule has 0 unspecified atom stereocenters. The van der Waals surface area contributed by atoms with Crippen molar-refractivity contribution in [2.45, 2.75) is 32.7 Å². The van der Waals surface area contributed by atoms with Crippen molar-refractivity contribution >= 4 is 29.0 Å². The third-order valence-electron chi connectivity index (χ3n) is 4.22. The number of hydrogen-bond acceptors (Lipinski definition) is 3. The van der Waals surface area contributed by atoms with Gasteiger partial charge in [0, 0.05) is 18.4 Å². The van der Waals surface area contributed by atoms with Crippen molar-refractivity contribution in [3.05, 3.63) is 52.7 Å². The lowest BCUT2D eigenvalue weighted by atomic mass is 9.98. The average Bonchev–Trinajstić information content (AvgIpc) is 2.55. The molecule has 120 valence electrons. The Kier molecular flexibility index (Phi) is 4.53. The highest BCUT2D eigenvalue weighted by atomic mass is 35.5. The molecule has 0 aliphatic carbocycles. The maximum absolute atomic E-state index is 12.5. The minimum absolute atomic E-state index is 0.0618. The number of aryl methyl sites for hydroxylation is 2. The highest BCUT2D eigenvalue weighted by Gasteiger charge is 2.26. The van der Waals surface area contributed by atoms with Gasteiger partial charge in [-0.2, -0.15) is 0 Å². The predicted molar refractivity (Wildman–Crippen MR) is 94.2 cm³/mol. The molecule has 0 saturated heterocycles. The van der Waals surface area contributed by atoms with Crippen LogP contribution in [0.25, 0.3) is 0 Å². The number of halogens is 1. The van der Waals surface area contributed by atoms with Crippen molar-refractivity contribution < 1.29 is 4.79 Å². The molecule has 2 heterocycles. The molecule has 0 radical (unpaired) electrons. The van der Waals surface area contributed by atoms with Crippen molar-refractivity contribution in [3.63, 3.8) is 0 Å². The lowest BCUT2D eigenvalue weighted by Crippen LogP contribution is -2.44. The van der Waals surface area contributed by atoms with E-state index in [0.29, 0.717) is 10.8 Å². The van der Waals surface area contributed by atoms with Gasteiger partial charge in [-0.1, -0.05) is 29.3 Å². The molecule has 3 rings (SSSR count). The number of fused-ring (bicyclic) bond motifs is 1. The number of anilines is 2. The minimum atomic E-state index is -0.255. The highest BCUT2D eigenvalue weighted by molar-refractivity contribution is 6.30. The van der Waals surface area contributed by atoms with E-state index in [1.165, 1.54) is 17.3 Å². The Morgan fingerprint density at radius 3 is 2.91 bits per heavy atom. The van der Waals surface area contributed by atoms with Crippen LogP contribution in [0.1, 0.15) is 24.5 Å². The molecule has 0 saturated carbocycles. The molecule has 1 aromatic heterocycles. The molecule has 1 aromatic carbocycles. The molecule has 1 amide bonds. The number of nitrogens with one attached hydrogen (secondary N) is 1. The fraction of sp³-hybridized carbons (Fsp3) is 0.333. The molecule has 23 heavy (non-hydrogen) atoms. The van der Waals surface area contributed by atoms with E-state index in [2.05, 4.69) is 40.3 Å². The second kappa shape index (κ2) is 6.59. The summed E-state index contributed by atoms with van der Waals surface area (Å²) in [5, 5.41) is 3.41. The summed E-state index contributed by atoms with van der Waals surface area (Å²) in [5.41, 5.74) is 3.74. The number of benzene rings is 1. The van der Waals surface area contributed by atoms with Crippen molar-refractivity contribution in [2.24, 2.45) is 0 Å². The minimum Gasteiger partial charge on any atom is -0.360 e. The Hall–Kier alpha value is -2.07. The Balaban J connectivity index is 1.77. The molecule has 1 aliphatic rings. The average molecular weight is 330 g/mol. The zero-order valence-electron chi connectivity index (χ0n) is 13.3. The van der Waals surface area contributed by atoms with Crippen molar-refractivity contribution in [2.75, 3.05) is 16.8 Å². The summed E-state index contributed by atoms with van der Waals surface area (Å²) in [5.74, 6) is 0.459. The summed E-state index contributed by atoms with van der Waals surface area (Å²) < 4.78 is 0. The fourth-order valence-electron chi connectivity index (χ4n) is 2.98. The number of nitrogens with zero attached hydrogens (tertiary/aromatic N) is 2. The molecular weight excluding hydrogens is 310 g/mol. The van der Waals surface area contributed by atoms with Gasteiger partial charge < -0.3 is 10.2 Å². The van der Waals surface area contributed by atoms with E-state index >= 15 is 0 Å². The van der Waals surface area contributed by atoms with E-state index in [1.54, 1.807) is 12.1 Å². The summed E-state index contributed by atoms with van der Waals surface area (Å²) in [7, 11) is 0. The van der Waals surface area contributed by atoms with E-state index in [0.717, 1.165) is 25.1 Å². The van der Waals surface area contributed by atoms with Crippen LogP contribution in [0.4, 0.5) is 11.5 Å². The summed E-state index contributed by atoms with van der Waals surface area (Å²) in [4.78, 5) is 18.8. The molecule has 1 aliphatic heterocycles. The molecule has 0 spiro atoms. The van der Waals surface area contributed by atoms with Gasteiger partial charge in [0.1, 0.15) is 11.9 Å². The quantitative estimate of drug-likeness (QED) is 0.931. The van der Waals surface area contributed by atoms with E-state index in [-0.39, 0.29) is 11.9 Å². The number of hydrogen-bond donors (Lipinski definition) is 1. The smallest absolute Gasteiger partial charge is 0.247 e. The predicted octanol–water partition coefficient (Wildman–Crippen LogP) is 3.82. The van der Waals surface area contributed by atoms with Crippen LogP contribution in [0.5, 0.6) is 0 Å². The van der Waals surface area contributed by atoms with Gasteiger partial charge in [-0.25, -0.2) is 4.98 Å². The third-order valence-corrected chi connectivity index (χ3v) is 4.44. The largest absolute Gasteiger partial charge is 0.360 e. The first-order valence-electron chi connectivity index (χ1n) is 7.83. The van der Waals surface area contributed by atoms with E-state index in [4.69, 9.17) is 11.6 Å². The van der Waals surface area contributed by atoms with Crippen LogP contribution in [0.2, 0.25) is 5.02 Å². The van der Waals surface area contributed by atoms with Gasteiger partial charge in [-0.3, -0.25) is 4.79 Å². The summed E-state index contributed by atoms with van der Waals surface area (Å²) >= 11 is 5.82. The number of amides is 1. The molecule has 0 bridgehead atoms. The summed E-state index contributed by atoms with van der Waals surface area (Å²) in [6.45, 7) is 4.92. The van der Waals surface area contributed by atoms with E-state index < -0.39 is 0 Å². The van der Waals surface area contributed by atoms with Gasteiger partial charge >= 0.3 is 0 Å². The van der Waals surface area contributed by atoms with Gasteiger partial charge in [0.15, 0.2) is 0 Å². The number of aromatic nitrogens is 1. The number of carbonyl (C=O) groups is 1. The first-order valence-corrected chi connectivity index (χ1v) is 8.21. The van der Waals surface area contributed by atoms with Crippen LogP contribution in [0.3, 0.4) is 0 Å². The van der Waals surface area contributed by atoms with Crippen LogP contribution in [-0.2, 0) is 11.2 Å². The lowest BCUT2D eigenvalue weighted by Gasteiger charge is -2.35. The van der Waals surface area contributed by atoms with Gasteiger partial charge in [0.05, 0.1) is 5.02 Å². The Bertz CT molecular complexity index is 715. The summed E-state index contributed by atoms with van der Waals surface area (Å²) in [6.07, 6.45) is 3.66. The molecule has 2 aromatic rings. The zero-order valence-corrected chi connectivity index (χ0v) is 14.1. The van der Waals surface area contributed by atoms with Crippen LogP contribution < -0.4 is 10.2 Å². The van der Waals surface area contributed by atoms with Gasteiger partial charge in [0.2, 0.25) is 5.91 Å². The first kappa shape index (κ1) is 15.8. The van der Waals surface area contributed by atoms with Crippen molar-refractivity contribution in [1.29, 1.82) is 0 Å². The highest BCUT2D eigenvalue weighted by Crippen LogP contribution is 2.29. The second-order valence-corrected chi connectivity index (χ2v) is 6.39. The van der Waals surface area contributed by atoms with Crippen LogP contribution in [0.15, 0.2) is 36.5 Å². The first-order chi connectivity index (χ1) is 11.0. The third kappa shape index (κ3) is 3.48. The molecule has 1 atom stereocenters. The van der Waals surface area contributed by atoms with E-state index in [1.807, 2.05) is 6.92 Å². The topological polar surface area (TPSA) is 45.2 Å². The number of rotatable bonds is 3. The standard InChI is InChI=1S/C18H20ClN3O/c1-12-5-7-16-14(10-12)4-3-9-22(16)13(2)18(23)21-17-8-6-15(19)11-20-17/h5-8,10-11,13H,3-4,9H2,1-2H3,(H,20,21,23)/t13-/m1/s1. The van der Waals surface area contributed by atoms with E-state index in [9.17, 15) is 4.79 Å². The zero-order chi connectivity index (χ0) is 16.4. The maximum Gasteiger partial charge on any atom is 0.247 e. The summed E-state index contributed by atoms with van der Waals surface area (Å²) in [6, 6.07) is 9.60. The number of pyridine rings is 1. The Morgan fingerprint density at radius 1 is 1.35 bits per heavy atom. The van der Waals surface area contributed by atoms with Crippen molar-refractivity contribution in [1.82, 2.24) is 4.98 Å². The van der Waals surface area contributed by atoms with Crippen LogP contribution in [0, 0.1) is 6.92 Å². The van der Waals surface area contributed by atoms with Gasteiger partial charge in [0.25, 0.3) is 0 Å². The molecule has 4 nitrogen and oxygen atoms in total. The Labute approximate surface area is 141 Å².